The minimum Gasteiger partial charge on any atom is -0.496 e. The van der Waals surface area contributed by atoms with E-state index >= 15 is 0 Å². The van der Waals surface area contributed by atoms with Crippen molar-refractivity contribution < 1.29 is 23.5 Å². The van der Waals surface area contributed by atoms with Crippen molar-refractivity contribution in [1.82, 2.24) is 9.55 Å². The van der Waals surface area contributed by atoms with Crippen LogP contribution in [0.4, 0.5) is 0 Å². The van der Waals surface area contributed by atoms with Crippen LogP contribution in [0.3, 0.4) is 0 Å². The number of benzene rings is 2. The van der Waals surface area contributed by atoms with Crippen LogP contribution in [0.5, 0.6) is 11.5 Å². The van der Waals surface area contributed by atoms with Gasteiger partial charge in [0.1, 0.15) is 24.1 Å². The summed E-state index contributed by atoms with van der Waals surface area (Å²) >= 11 is 6.91. The summed E-state index contributed by atoms with van der Waals surface area (Å²) in [5.74, 6) is 2.47. The van der Waals surface area contributed by atoms with Crippen molar-refractivity contribution in [3.05, 3.63) is 57.7 Å². The van der Waals surface area contributed by atoms with E-state index in [2.05, 4.69) is 56.5 Å². The molecule has 2 heterocycles. The van der Waals surface area contributed by atoms with Gasteiger partial charge in [-0.3, -0.25) is 0 Å². The quantitative estimate of drug-likeness (QED) is 0.172. The van der Waals surface area contributed by atoms with E-state index in [0.29, 0.717) is 6.73 Å². The van der Waals surface area contributed by atoms with Crippen LogP contribution >= 0.6 is 31.9 Å². The summed E-state index contributed by atoms with van der Waals surface area (Å²) < 4.78 is 32.3. The summed E-state index contributed by atoms with van der Waals surface area (Å²) in [5, 5.41) is 0. The molecule has 1 aliphatic heterocycles. The SMILES string of the molecule is COc1cc(-c2nccn2COCC[Si](C)(C)C)ccc1Br.COc1cc(B2OC(C)(C)C(C)(C)O2)ccc1Br. The molecular weight excluding hydrogens is 655 g/mol. The lowest BCUT2D eigenvalue weighted by Gasteiger charge is -2.32. The Bertz CT molecular complexity index is 1260. The van der Waals surface area contributed by atoms with Crippen molar-refractivity contribution in [2.24, 2.45) is 0 Å². The number of hydrogen-bond acceptors (Lipinski definition) is 6. The fourth-order valence-corrected chi connectivity index (χ4v) is 5.39. The highest BCUT2D eigenvalue weighted by molar-refractivity contribution is 9.10. The highest BCUT2D eigenvalue weighted by Crippen LogP contribution is 2.37. The zero-order valence-electron chi connectivity index (χ0n) is 25.0. The molecule has 2 aromatic carbocycles. The topological polar surface area (TPSA) is 64.0 Å². The van der Waals surface area contributed by atoms with Crippen molar-refractivity contribution in [3.63, 3.8) is 0 Å². The molecule has 0 radical (unpaired) electrons. The third kappa shape index (κ3) is 8.45. The predicted octanol–water partition coefficient (Wildman–Crippen LogP) is 7.39. The molecule has 1 aliphatic rings. The number of ether oxygens (including phenoxy) is 3. The van der Waals surface area contributed by atoms with Crippen molar-refractivity contribution in [2.75, 3.05) is 20.8 Å². The third-order valence-corrected chi connectivity index (χ3v) is 10.1. The Labute approximate surface area is 257 Å². The van der Waals surface area contributed by atoms with E-state index in [-0.39, 0.29) is 18.3 Å². The molecular formula is C29H41BBr2N2O5Si. The first kappa shape index (κ1) is 32.9. The van der Waals surface area contributed by atoms with Crippen LogP contribution in [0.2, 0.25) is 25.7 Å². The molecule has 0 amide bonds. The van der Waals surface area contributed by atoms with E-state index in [0.717, 1.165) is 43.9 Å². The van der Waals surface area contributed by atoms with Crippen molar-refractivity contribution in [2.45, 2.75) is 71.3 Å². The van der Waals surface area contributed by atoms with Gasteiger partial charge >= 0.3 is 7.12 Å². The largest absolute Gasteiger partial charge is 0.496 e. The lowest BCUT2D eigenvalue weighted by Crippen LogP contribution is -2.41. The first-order chi connectivity index (χ1) is 18.7. The number of rotatable bonds is 9. The molecule has 1 saturated heterocycles. The van der Waals surface area contributed by atoms with Crippen LogP contribution in [-0.4, -0.2) is 56.8 Å². The van der Waals surface area contributed by atoms with E-state index in [1.807, 2.05) is 74.9 Å². The smallest absolute Gasteiger partial charge is 0.494 e. The van der Waals surface area contributed by atoms with Gasteiger partial charge in [-0.15, -0.1) is 0 Å². The molecule has 0 N–H and O–H groups in total. The Morgan fingerprint density at radius 3 is 2.05 bits per heavy atom. The maximum absolute atomic E-state index is 6.00. The molecule has 218 valence electrons. The maximum atomic E-state index is 6.00. The van der Waals surface area contributed by atoms with Crippen LogP contribution < -0.4 is 14.9 Å². The second kappa shape index (κ2) is 13.6. The molecule has 40 heavy (non-hydrogen) atoms. The van der Waals surface area contributed by atoms with E-state index in [4.69, 9.17) is 23.5 Å². The average Bonchev–Trinajstić information content (AvgIpc) is 3.43. The lowest BCUT2D eigenvalue weighted by atomic mass is 9.79. The Morgan fingerprint density at radius 2 is 1.48 bits per heavy atom. The van der Waals surface area contributed by atoms with Gasteiger partial charge in [-0.1, -0.05) is 25.7 Å². The van der Waals surface area contributed by atoms with Gasteiger partial charge in [-0.2, -0.15) is 0 Å². The number of nitrogens with zero attached hydrogens (tertiary/aromatic N) is 2. The van der Waals surface area contributed by atoms with Crippen LogP contribution in [0.15, 0.2) is 57.7 Å². The Morgan fingerprint density at radius 1 is 0.900 bits per heavy atom. The first-order valence-corrected chi connectivity index (χ1v) is 18.6. The Hall–Kier alpha value is -1.63. The van der Waals surface area contributed by atoms with Crippen LogP contribution in [0.25, 0.3) is 11.4 Å². The van der Waals surface area contributed by atoms with Gasteiger partial charge in [0, 0.05) is 32.6 Å². The molecule has 0 aliphatic carbocycles. The average molecular weight is 696 g/mol. The van der Waals surface area contributed by atoms with E-state index in [1.165, 1.54) is 6.04 Å². The van der Waals surface area contributed by atoms with Gasteiger partial charge in [0.2, 0.25) is 0 Å². The molecule has 1 aromatic heterocycles. The van der Waals surface area contributed by atoms with Crippen molar-refractivity contribution in [1.29, 1.82) is 0 Å². The summed E-state index contributed by atoms with van der Waals surface area (Å²) in [5.41, 5.74) is 1.34. The van der Waals surface area contributed by atoms with Gasteiger partial charge in [0.05, 0.1) is 34.4 Å². The molecule has 0 saturated carbocycles. The summed E-state index contributed by atoms with van der Waals surface area (Å²) in [6.45, 7) is 16.6. The van der Waals surface area contributed by atoms with Crippen molar-refractivity contribution >= 4 is 52.5 Å². The predicted molar refractivity (Wildman–Crippen MR) is 172 cm³/mol. The van der Waals surface area contributed by atoms with Crippen LogP contribution in [0.1, 0.15) is 27.7 Å². The highest BCUT2D eigenvalue weighted by atomic mass is 79.9. The summed E-state index contributed by atoms with van der Waals surface area (Å²) in [6.07, 6.45) is 3.74. The van der Waals surface area contributed by atoms with Gasteiger partial charge in [-0.05, 0) is 101 Å². The Kier molecular flexibility index (Phi) is 11.2. The number of hydrogen-bond donors (Lipinski definition) is 0. The molecule has 0 atom stereocenters. The fourth-order valence-electron chi connectivity index (χ4n) is 3.82. The number of methoxy groups -OCH3 is 2. The monoisotopic (exact) mass is 694 g/mol. The summed E-state index contributed by atoms with van der Waals surface area (Å²) in [4.78, 5) is 4.44. The molecule has 7 nitrogen and oxygen atoms in total. The molecule has 3 aromatic rings. The lowest BCUT2D eigenvalue weighted by molar-refractivity contribution is 0.00578. The van der Waals surface area contributed by atoms with E-state index in [1.54, 1.807) is 20.4 Å². The van der Waals surface area contributed by atoms with Gasteiger partial charge < -0.3 is 28.1 Å². The molecule has 1 fully saturated rings. The fraction of sp³-hybridized carbons (Fsp3) is 0.483. The number of aromatic nitrogens is 2. The van der Waals surface area contributed by atoms with E-state index in [9.17, 15) is 0 Å². The standard InChI is InChI=1S/C16H23BrN2O2Si.C13H18BBrO3/c1-20-15-11-13(5-6-14(15)17)16-18-7-8-19(16)12-21-9-10-22(2,3)4;1-12(2)13(3,4)18-14(17-12)9-6-7-10(15)11(8-9)16-5/h5-8,11H,9-10,12H2,1-4H3;6-8H,1-5H3. The number of halogens is 2. The second-order valence-corrected chi connectivity index (χ2v) is 19.2. The molecule has 0 unspecified atom stereocenters. The third-order valence-electron chi connectivity index (χ3n) is 7.05. The van der Waals surface area contributed by atoms with Gasteiger partial charge in [0.15, 0.2) is 0 Å². The van der Waals surface area contributed by atoms with Gasteiger partial charge in [0.25, 0.3) is 0 Å². The Balaban J connectivity index is 0.000000225. The van der Waals surface area contributed by atoms with Crippen LogP contribution in [-0.2, 0) is 20.8 Å². The molecule has 0 bridgehead atoms. The minimum absolute atomic E-state index is 0.321. The normalized spacial score (nSPS) is 15.9. The zero-order chi connectivity index (χ0) is 29.7. The highest BCUT2D eigenvalue weighted by Gasteiger charge is 2.51. The first-order valence-electron chi connectivity index (χ1n) is 13.3. The number of imidazole rings is 1. The van der Waals surface area contributed by atoms with Crippen molar-refractivity contribution in [3.8, 4) is 22.9 Å². The molecule has 4 rings (SSSR count). The summed E-state index contributed by atoms with van der Waals surface area (Å²) in [6, 6.07) is 13.0. The zero-order valence-corrected chi connectivity index (χ0v) is 29.2. The molecule has 11 heteroatoms. The summed E-state index contributed by atoms with van der Waals surface area (Å²) in [7, 11) is 1.91. The molecule has 0 spiro atoms. The van der Waals surface area contributed by atoms with Gasteiger partial charge in [-0.25, -0.2) is 4.98 Å². The van der Waals surface area contributed by atoms with Crippen LogP contribution in [0, 0.1) is 0 Å². The second-order valence-electron chi connectivity index (χ2n) is 11.9. The maximum Gasteiger partial charge on any atom is 0.494 e. The minimum atomic E-state index is -1.05. The van der Waals surface area contributed by atoms with E-state index < -0.39 is 8.07 Å².